The number of amides is 3. The van der Waals surface area contributed by atoms with Crippen molar-refractivity contribution in [2.45, 2.75) is 13.5 Å². The molecule has 29 heavy (non-hydrogen) atoms. The van der Waals surface area contributed by atoms with Gasteiger partial charge in [0.15, 0.2) is 0 Å². The van der Waals surface area contributed by atoms with Crippen LogP contribution in [0.3, 0.4) is 0 Å². The quantitative estimate of drug-likeness (QED) is 0.425. The van der Waals surface area contributed by atoms with E-state index >= 15 is 0 Å². The zero-order valence-corrected chi connectivity index (χ0v) is 15.9. The lowest BCUT2D eigenvalue weighted by Gasteiger charge is -2.11. The van der Waals surface area contributed by atoms with Gasteiger partial charge in [-0.3, -0.25) is 14.4 Å². The Bertz CT molecular complexity index is 890. The summed E-state index contributed by atoms with van der Waals surface area (Å²) in [5.41, 5.74) is 2.23. The molecule has 3 amide bonds. The van der Waals surface area contributed by atoms with Gasteiger partial charge in [0.2, 0.25) is 5.91 Å². The Balaban J connectivity index is 2.21. The standard InChI is InChI=1S/C21H23N3O5/c1-14(27)23-18-8-6-17(7-9-18)20(28)24-19(21(29)22-10-11-25)12-15-2-4-16(13-26)5-3-15/h2-9,12,25-26H,10-11,13H2,1H3,(H,22,29)(H,23,27)(H,24,28)/b19-12-. The highest BCUT2D eigenvalue weighted by molar-refractivity contribution is 6.05. The second-order valence-electron chi connectivity index (χ2n) is 6.15. The highest BCUT2D eigenvalue weighted by atomic mass is 16.3. The van der Waals surface area contributed by atoms with Gasteiger partial charge in [0.1, 0.15) is 5.70 Å². The van der Waals surface area contributed by atoms with Crippen molar-refractivity contribution in [3.05, 3.63) is 70.9 Å². The SMILES string of the molecule is CC(=O)Nc1ccc(C(=O)N/C(=C\c2ccc(CO)cc2)C(=O)NCCO)cc1. The lowest BCUT2D eigenvalue weighted by molar-refractivity contribution is -0.118. The Labute approximate surface area is 168 Å². The van der Waals surface area contributed by atoms with Crippen LogP contribution in [0.1, 0.15) is 28.4 Å². The van der Waals surface area contributed by atoms with Crippen LogP contribution < -0.4 is 16.0 Å². The van der Waals surface area contributed by atoms with Crippen molar-refractivity contribution < 1.29 is 24.6 Å². The van der Waals surface area contributed by atoms with Crippen LogP contribution in [0.4, 0.5) is 5.69 Å². The molecule has 0 spiro atoms. The van der Waals surface area contributed by atoms with E-state index in [0.29, 0.717) is 16.8 Å². The van der Waals surface area contributed by atoms with Gasteiger partial charge in [0.25, 0.3) is 11.8 Å². The zero-order chi connectivity index (χ0) is 21.2. The average molecular weight is 397 g/mol. The number of carbonyl (C=O) groups excluding carboxylic acids is 3. The molecule has 0 saturated carbocycles. The van der Waals surface area contributed by atoms with Crippen LogP contribution in [0.25, 0.3) is 6.08 Å². The van der Waals surface area contributed by atoms with Crippen molar-refractivity contribution in [1.29, 1.82) is 0 Å². The third kappa shape index (κ3) is 6.87. The van der Waals surface area contributed by atoms with Crippen LogP contribution in [0.15, 0.2) is 54.2 Å². The van der Waals surface area contributed by atoms with E-state index in [4.69, 9.17) is 10.2 Å². The molecular formula is C21H23N3O5. The summed E-state index contributed by atoms with van der Waals surface area (Å²) in [4.78, 5) is 36.0. The fraction of sp³-hybridized carbons (Fsp3) is 0.190. The lowest BCUT2D eigenvalue weighted by atomic mass is 10.1. The molecule has 5 N–H and O–H groups in total. The molecule has 0 aromatic heterocycles. The Morgan fingerprint density at radius 1 is 0.966 bits per heavy atom. The van der Waals surface area contributed by atoms with E-state index in [1.54, 1.807) is 36.4 Å². The van der Waals surface area contributed by atoms with E-state index in [1.807, 2.05) is 0 Å². The second-order valence-corrected chi connectivity index (χ2v) is 6.15. The van der Waals surface area contributed by atoms with E-state index in [1.165, 1.54) is 25.1 Å². The average Bonchev–Trinajstić information content (AvgIpc) is 2.72. The van der Waals surface area contributed by atoms with Gasteiger partial charge in [-0.25, -0.2) is 0 Å². The van der Waals surface area contributed by atoms with E-state index in [9.17, 15) is 14.4 Å². The Kier molecular flexibility index (Phi) is 8.08. The lowest BCUT2D eigenvalue weighted by Crippen LogP contribution is -2.36. The van der Waals surface area contributed by atoms with Gasteiger partial charge in [-0.1, -0.05) is 24.3 Å². The highest BCUT2D eigenvalue weighted by Gasteiger charge is 2.14. The second kappa shape index (κ2) is 10.7. The highest BCUT2D eigenvalue weighted by Crippen LogP contribution is 2.12. The molecule has 0 saturated heterocycles. The molecule has 0 fully saturated rings. The summed E-state index contributed by atoms with van der Waals surface area (Å²) < 4.78 is 0. The molecule has 2 aromatic carbocycles. The van der Waals surface area contributed by atoms with Crippen LogP contribution in [-0.2, 0) is 16.2 Å². The molecule has 152 valence electrons. The number of aliphatic hydroxyl groups is 2. The van der Waals surface area contributed by atoms with Crippen molar-refractivity contribution in [2.24, 2.45) is 0 Å². The summed E-state index contributed by atoms with van der Waals surface area (Å²) in [5.74, 6) is -1.27. The van der Waals surface area contributed by atoms with E-state index in [-0.39, 0.29) is 31.4 Å². The van der Waals surface area contributed by atoms with Crippen LogP contribution >= 0.6 is 0 Å². The summed E-state index contributed by atoms with van der Waals surface area (Å²) in [6, 6.07) is 13.0. The van der Waals surface area contributed by atoms with Crippen LogP contribution in [0.5, 0.6) is 0 Å². The topological polar surface area (TPSA) is 128 Å². The fourth-order valence-corrected chi connectivity index (χ4v) is 2.41. The number of nitrogens with one attached hydrogen (secondary N) is 3. The van der Waals surface area contributed by atoms with E-state index in [2.05, 4.69) is 16.0 Å². The largest absolute Gasteiger partial charge is 0.395 e. The number of anilines is 1. The molecule has 2 aromatic rings. The van der Waals surface area contributed by atoms with Gasteiger partial charge < -0.3 is 26.2 Å². The molecule has 0 heterocycles. The normalized spacial score (nSPS) is 10.9. The molecule has 0 aliphatic rings. The monoisotopic (exact) mass is 397 g/mol. The molecule has 8 nitrogen and oxygen atoms in total. The summed E-state index contributed by atoms with van der Waals surface area (Å²) in [6.07, 6.45) is 1.50. The van der Waals surface area contributed by atoms with Crippen molar-refractivity contribution in [1.82, 2.24) is 10.6 Å². The van der Waals surface area contributed by atoms with Gasteiger partial charge in [-0.15, -0.1) is 0 Å². The van der Waals surface area contributed by atoms with Crippen molar-refractivity contribution in [3.8, 4) is 0 Å². The first-order valence-corrected chi connectivity index (χ1v) is 8.92. The summed E-state index contributed by atoms with van der Waals surface area (Å²) >= 11 is 0. The molecule has 0 bridgehead atoms. The number of rotatable bonds is 8. The molecule has 8 heteroatoms. The first-order chi connectivity index (χ1) is 13.9. The van der Waals surface area contributed by atoms with Crippen LogP contribution in [0, 0.1) is 0 Å². The van der Waals surface area contributed by atoms with Gasteiger partial charge in [-0.05, 0) is 41.5 Å². The molecule has 0 radical (unpaired) electrons. The van der Waals surface area contributed by atoms with Gasteiger partial charge in [-0.2, -0.15) is 0 Å². The first-order valence-electron chi connectivity index (χ1n) is 8.92. The predicted molar refractivity (Wildman–Crippen MR) is 109 cm³/mol. The fourth-order valence-electron chi connectivity index (χ4n) is 2.41. The number of hydrogen-bond donors (Lipinski definition) is 5. The third-order valence-electron chi connectivity index (χ3n) is 3.83. The maximum absolute atomic E-state index is 12.6. The Morgan fingerprint density at radius 3 is 2.17 bits per heavy atom. The smallest absolute Gasteiger partial charge is 0.267 e. The minimum absolute atomic E-state index is 0.00568. The molecular weight excluding hydrogens is 374 g/mol. The minimum Gasteiger partial charge on any atom is -0.395 e. The zero-order valence-electron chi connectivity index (χ0n) is 15.9. The third-order valence-corrected chi connectivity index (χ3v) is 3.83. The molecule has 0 aliphatic heterocycles. The van der Waals surface area contributed by atoms with Crippen molar-refractivity contribution >= 4 is 29.5 Å². The Morgan fingerprint density at radius 2 is 1.62 bits per heavy atom. The summed E-state index contributed by atoms with van der Waals surface area (Å²) in [7, 11) is 0. The minimum atomic E-state index is -0.548. The maximum Gasteiger partial charge on any atom is 0.267 e. The maximum atomic E-state index is 12.6. The molecule has 0 atom stereocenters. The van der Waals surface area contributed by atoms with Crippen LogP contribution in [0.2, 0.25) is 0 Å². The van der Waals surface area contributed by atoms with Crippen LogP contribution in [-0.4, -0.2) is 41.1 Å². The number of aliphatic hydroxyl groups excluding tert-OH is 2. The van der Waals surface area contributed by atoms with E-state index in [0.717, 1.165) is 5.56 Å². The van der Waals surface area contributed by atoms with E-state index < -0.39 is 11.8 Å². The molecule has 2 rings (SSSR count). The summed E-state index contributed by atoms with van der Waals surface area (Å²) in [5, 5.41) is 25.7. The van der Waals surface area contributed by atoms with Crippen molar-refractivity contribution in [3.63, 3.8) is 0 Å². The van der Waals surface area contributed by atoms with Gasteiger partial charge >= 0.3 is 0 Å². The van der Waals surface area contributed by atoms with Gasteiger partial charge in [0.05, 0.1) is 13.2 Å². The molecule has 0 unspecified atom stereocenters. The van der Waals surface area contributed by atoms with Crippen molar-refractivity contribution in [2.75, 3.05) is 18.5 Å². The number of carbonyl (C=O) groups is 3. The number of hydrogen-bond acceptors (Lipinski definition) is 5. The summed E-state index contributed by atoms with van der Waals surface area (Å²) in [6.45, 7) is 1.10. The Hall–Kier alpha value is -3.49. The predicted octanol–water partition coefficient (Wildman–Crippen LogP) is 1.02. The molecule has 0 aliphatic carbocycles. The first kappa shape index (κ1) is 21.8. The number of benzene rings is 2. The van der Waals surface area contributed by atoms with Gasteiger partial charge in [0, 0.05) is 24.7 Å².